The molecule has 0 aliphatic carbocycles. The van der Waals surface area contributed by atoms with Gasteiger partial charge in [-0.1, -0.05) is 35.9 Å². The van der Waals surface area contributed by atoms with Crippen LogP contribution in [0, 0.1) is 12.3 Å². The first-order valence-electron chi connectivity index (χ1n) is 13.0. The van der Waals surface area contributed by atoms with Crippen molar-refractivity contribution in [2.75, 3.05) is 19.7 Å². The van der Waals surface area contributed by atoms with Crippen LogP contribution in [0.1, 0.15) is 30.4 Å². The Labute approximate surface area is 230 Å². The number of aliphatic imine (C=N–C) groups is 1. The van der Waals surface area contributed by atoms with Crippen molar-refractivity contribution in [3.8, 4) is 5.75 Å². The third kappa shape index (κ3) is 5.12. The average molecular weight is 541 g/mol. The van der Waals surface area contributed by atoms with Gasteiger partial charge in [0.25, 0.3) is 5.91 Å². The zero-order valence-electron chi connectivity index (χ0n) is 21.6. The smallest absolute Gasteiger partial charge is 0.283 e. The van der Waals surface area contributed by atoms with Crippen molar-refractivity contribution in [3.63, 3.8) is 0 Å². The van der Waals surface area contributed by atoms with E-state index in [1.165, 1.54) is 22.3 Å². The van der Waals surface area contributed by atoms with Gasteiger partial charge in [-0.2, -0.15) is 15.1 Å². The lowest BCUT2D eigenvalue weighted by molar-refractivity contribution is -0.128. The first-order valence-corrected chi connectivity index (χ1v) is 13.8. The fraction of sp³-hybridized carbons (Fsp3) is 0.276. The van der Waals surface area contributed by atoms with E-state index in [1.807, 2.05) is 66.6 Å². The van der Waals surface area contributed by atoms with Crippen molar-refractivity contribution in [3.05, 3.63) is 71.4 Å². The summed E-state index contributed by atoms with van der Waals surface area (Å²) in [5.41, 5.74) is 3.16. The van der Waals surface area contributed by atoms with Crippen molar-refractivity contribution in [2.24, 2.45) is 10.1 Å². The molecule has 2 aromatic carbocycles. The minimum Gasteiger partial charge on any atom is -0.492 e. The Morgan fingerprint density at radius 3 is 2.69 bits per heavy atom. The molecule has 1 fully saturated rings. The van der Waals surface area contributed by atoms with Crippen LogP contribution in [-0.4, -0.2) is 62.0 Å². The Kier molecular flexibility index (Phi) is 6.78. The van der Waals surface area contributed by atoms with Gasteiger partial charge in [-0.25, -0.2) is 0 Å². The molecule has 3 aromatic rings. The van der Waals surface area contributed by atoms with Crippen molar-refractivity contribution in [1.29, 1.82) is 5.41 Å². The fourth-order valence-corrected chi connectivity index (χ4v) is 5.81. The molecule has 1 aromatic heterocycles. The lowest BCUT2D eigenvalue weighted by atomic mass is 10.1. The Balaban J connectivity index is 1.22. The van der Waals surface area contributed by atoms with Gasteiger partial charge < -0.3 is 14.2 Å². The van der Waals surface area contributed by atoms with Crippen molar-refractivity contribution in [2.45, 2.75) is 32.7 Å². The van der Waals surface area contributed by atoms with Gasteiger partial charge in [0, 0.05) is 35.8 Å². The maximum atomic E-state index is 13.0. The van der Waals surface area contributed by atoms with Crippen LogP contribution in [0.2, 0.25) is 0 Å². The molecule has 0 unspecified atom stereocenters. The molecule has 0 radical (unpaired) electrons. The zero-order valence-corrected chi connectivity index (χ0v) is 22.4. The number of hydrogen-bond acceptors (Lipinski definition) is 6. The number of hydrazone groups is 1. The molecule has 10 heteroatoms. The van der Waals surface area contributed by atoms with E-state index >= 15 is 0 Å². The molecule has 3 aliphatic rings. The molecule has 198 valence electrons. The first kappa shape index (κ1) is 25.1. The van der Waals surface area contributed by atoms with Gasteiger partial charge in [-0.15, -0.1) is 0 Å². The number of aromatic nitrogens is 1. The SMILES string of the molecule is Cc1ccc(OCCn2cc(/C=C3\C(=N)N4N=C(CC(=O)N5CCCC5)SC4=NC3=O)c3ccccc32)cc1. The number of ether oxygens (including phenoxy) is 1. The van der Waals surface area contributed by atoms with Crippen LogP contribution in [0.25, 0.3) is 17.0 Å². The maximum absolute atomic E-state index is 13.0. The summed E-state index contributed by atoms with van der Waals surface area (Å²) in [5.74, 6) is 0.313. The quantitative estimate of drug-likeness (QED) is 0.439. The van der Waals surface area contributed by atoms with Crippen LogP contribution in [0.5, 0.6) is 5.75 Å². The number of likely N-dealkylation sites (tertiary alicyclic amines) is 1. The van der Waals surface area contributed by atoms with Crippen LogP contribution >= 0.6 is 11.8 Å². The van der Waals surface area contributed by atoms with Crippen molar-refractivity contribution in [1.82, 2.24) is 14.5 Å². The number of fused-ring (bicyclic) bond motifs is 2. The molecule has 0 bridgehead atoms. The van der Waals surface area contributed by atoms with Crippen LogP contribution in [0.4, 0.5) is 0 Å². The summed E-state index contributed by atoms with van der Waals surface area (Å²) in [6.45, 7) is 4.69. The molecule has 39 heavy (non-hydrogen) atoms. The molecule has 9 nitrogen and oxygen atoms in total. The second-order valence-corrected chi connectivity index (χ2v) is 10.8. The van der Waals surface area contributed by atoms with Crippen LogP contribution in [0.3, 0.4) is 0 Å². The highest BCUT2D eigenvalue weighted by atomic mass is 32.2. The number of hydrogen-bond donors (Lipinski definition) is 1. The van der Waals surface area contributed by atoms with Gasteiger partial charge in [0.05, 0.1) is 18.5 Å². The lowest BCUT2D eigenvalue weighted by Crippen LogP contribution is -2.35. The fourth-order valence-electron chi connectivity index (χ4n) is 4.94. The van der Waals surface area contributed by atoms with Gasteiger partial charge in [-0.3, -0.25) is 15.0 Å². The van der Waals surface area contributed by atoms with Crippen LogP contribution < -0.4 is 4.74 Å². The number of benzene rings is 2. The predicted molar refractivity (Wildman–Crippen MR) is 154 cm³/mol. The topological polar surface area (TPSA) is 103 Å². The van der Waals surface area contributed by atoms with Crippen LogP contribution in [0.15, 0.2) is 70.4 Å². The van der Waals surface area contributed by atoms with E-state index in [0.717, 1.165) is 48.1 Å². The van der Waals surface area contributed by atoms with Crippen LogP contribution in [-0.2, 0) is 16.1 Å². The third-order valence-electron chi connectivity index (χ3n) is 7.00. The molecule has 3 aliphatic heterocycles. The van der Waals surface area contributed by atoms with Crippen molar-refractivity contribution < 1.29 is 14.3 Å². The highest BCUT2D eigenvalue weighted by Crippen LogP contribution is 2.31. The number of nitrogens with one attached hydrogen (secondary N) is 1. The number of thioether (sulfide) groups is 1. The number of carbonyl (C=O) groups is 2. The first-order chi connectivity index (χ1) is 19.0. The van der Waals surface area contributed by atoms with E-state index in [9.17, 15) is 9.59 Å². The van der Waals surface area contributed by atoms with E-state index in [4.69, 9.17) is 10.1 Å². The molecule has 2 amide bonds. The largest absolute Gasteiger partial charge is 0.492 e. The number of rotatable bonds is 7. The average Bonchev–Trinajstić information content (AvgIpc) is 3.68. The monoisotopic (exact) mass is 540 g/mol. The van der Waals surface area contributed by atoms with Gasteiger partial charge in [0.2, 0.25) is 11.1 Å². The molecular formula is C29H28N6O3S. The molecule has 0 atom stereocenters. The number of amidine groups is 2. The summed E-state index contributed by atoms with van der Waals surface area (Å²) in [6, 6.07) is 15.9. The van der Waals surface area contributed by atoms with E-state index in [2.05, 4.69) is 14.7 Å². The summed E-state index contributed by atoms with van der Waals surface area (Å²) in [5, 5.41) is 16.4. The molecule has 6 rings (SSSR count). The van der Waals surface area contributed by atoms with Crippen molar-refractivity contribution >= 4 is 56.6 Å². The summed E-state index contributed by atoms with van der Waals surface area (Å²) < 4.78 is 8.02. The highest BCUT2D eigenvalue weighted by molar-refractivity contribution is 8.27. The molecule has 0 saturated carbocycles. The number of para-hydroxylation sites is 1. The minimum absolute atomic E-state index is 0.0204. The Hall–Kier alpha value is -4.18. The standard InChI is InChI=1S/C29H28N6O3S/c1-19-8-10-21(11-9-19)38-15-14-34-18-20(22-6-2-3-7-24(22)34)16-23-27(30)35-29(31-28(23)37)39-25(32-35)17-26(36)33-12-4-5-13-33/h2-3,6-11,16,18,30H,4-5,12-15,17H2,1H3/b23-16+,30-27?. The number of carbonyl (C=O) groups excluding carboxylic acids is 2. The summed E-state index contributed by atoms with van der Waals surface area (Å²) in [7, 11) is 0. The number of nitrogens with zero attached hydrogens (tertiary/aromatic N) is 5. The summed E-state index contributed by atoms with van der Waals surface area (Å²) in [6.07, 6.45) is 5.87. The maximum Gasteiger partial charge on any atom is 0.283 e. The zero-order chi connectivity index (χ0) is 26.9. The normalized spacial score (nSPS) is 18.1. The Bertz CT molecular complexity index is 1560. The third-order valence-corrected chi connectivity index (χ3v) is 7.91. The molecule has 1 saturated heterocycles. The summed E-state index contributed by atoms with van der Waals surface area (Å²) in [4.78, 5) is 31.6. The lowest BCUT2D eigenvalue weighted by Gasteiger charge is -2.20. The summed E-state index contributed by atoms with van der Waals surface area (Å²) >= 11 is 1.18. The second-order valence-electron chi connectivity index (χ2n) is 9.73. The second kappa shape index (κ2) is 10.5. The molecular weight excluding hydrogens is 512 g/mol. The van der Waals surface area contributed by atoms with Gasteiger partial charge in [-0.05, 0) is 55.8 Å². The molecule has 4 heterocycles. The minimum atomic E-state index is -0.486. The van der Waals surface area contributed by atoms with E-state index < -0.39 is 5.91 Å². The van der Waals surface area contributed by atoms with Gasteiger partial charge in [0.1, 0.15) is 17.4 Å². The predicted octanol–water partition coefficient (Wildman–Crippen LogP) is 4.66. The molecule has 0 spiro atoms. The van der Waals surface area contributed by atoms with E-state index in [1.54, 1.807) is 6.08 Å². The van der Waals surface area contributed by atoms with Gasteiger partial charge in [0.15, 0.2) is 5.84 Å². The Morgan fingerprint density at radius 2 is 1.90 bits per heavy atom. The Morgan fingerprint density at radius 1 is 1.13 bits per heavy atom. The van der Waals surface area contributed by atoms with Gasteiger partial charge >= 0.3 is 0 Å². The molecule has 1 N–H and O–H groups in total. The number of amides is 2. The highest BCUT2D eigenvalue weighted by Gasteiger charge is 2.36. The van der Waals surface area contributed by atoms with E-state index in [0.29, 0.717) is 23.4 Å². The van der Waals surface area contributed by atoms with E-state index in [-0.39, 0.29) is 23.7 Å². The number of aryl methyl sites for hydroxylation is 1.